The number of halogens is 12. The Hall–Kier alpha value is -9.18. The van der Waals surface area contributed by atoms with Crippen LogP contribution in [0.4, 0.5) is 48.2 Å². The number of carbonyl (C=O) groups excluding carboxylic acids is 1. The summed E-state index contributed by atoms with van der Waals surface area (Å²) < 4.78 is 110. The molecule has 4 fully saturated rings. The molecule has 0 bridgehead atoms. The molecule has 4 aliphatic rings. The smallest absolute Gasteiger partial charge is 0.258 e. The molecule has 7 aromatic carbocycles. The fraction of sp³-hybridized carbons (Fsp3) is 0.321. The van der Waals surface area contributed by atoms with E-state index >= 15 is 8.78 Å². The van der Waals surface area contributed by atoms with Gasteiger partial charge in [0, 0.05) is 94.2 Å². The minimum atomic E-state index is -0.848. The molecule has 4 saturated heterocycles. The zero-order chi connectivity index (χ0) is 77.6. The first-order valence-electron chi connectivity index (χ1n) is 34.8. The summed E-state index contributed by atoms with van der Waals surface area (Å²) in [4.78, 5) is 62.5. The number of hydrogen-bond donors (Lipinski definition) is 3. The average Bonchev–Trinajstić information content (AvgIpc) is 0.757. The van der Waals surface area contributed by atoms with E-state index in [0.717, 1.165) is 75.5 Å². The number of aromatic hydroxyl groups is 1. The maximum Gasteiger partial charge on any atom is 0.258 e. The van der Waals surface area contributed by atoms with E-state index < -0.39 is 46.2 Å². The van der Waals surface area contributed by atoms with Gasteiger partial charge in [0.2, 0.25) is 5.91 Å². The molecule has 1 amide bonds. The van der Waals surface area contributed by atoms with Crippen molar-refractivity contribution >= 4 is 129 Å². The topological polar surface area (TPSA) is 204 Å². The van der Waals surface area contributed by atoms with Crippen molar-refractivity contribution in [1.29, 1.82) is 0 Å². The van der Waals surface area contributed by atoms with Crippen molar-refractivity contribution < 1.29 is 50.1 Å². The molecule has 108 heavy (non-hydrogen) atoms. The van der Waals surface area contributed by atoms with Gasteiger partial charge in [0.05, 0.1) is 51.6 Å². The van der Waals surface area contributed by atoms with Crippen LogP contribution in [0.2, 0.25) is 20.1 Å². The predicted molar refractivity (Wildman–Crippen MR) is 417 cm³/mol. The van der Waals surface area contributed by atoms with Crippen molar-refractivity contribution in [2.45, 2.75) is 110 Å². The van der Waals surface area contributed by atoms with Crippen LogP contribution in [0.3, 0.4) is 0 Å². The highest BCUT2D eigenvalue weighted by Crippen LogP contribution is 2.45. The minimum Gasteiger partial charge on any atom is -0.507 e. The number of aromatic nitrogens is 8. The van der Waals surface area contributed by atoms with Crippen LogP contribution >= 0.6 is 62.3 Å². The number of aromatic amines is 1. The molecule has 4 atom stereocenters. The molecule has 18 nitrogen and oxygen atoms in total. The molecule has 3 N–H and O–H groups in total. The fourth-order valence-electron chi connectivity index (χ4n) is 13.3. The molecular formula is C78H77BrCl4F7N13O5. The number of anilines is 3. The summed E-state index contributed by atoms with van der Waals surface area (Å²) in [7, 11) is 2.91. The van der Waals surface area contributed by atoms with Crippen LogP contribution in [-0.4, -0.2) is 133 Å². The highest BCUT2D eigenvalue weighted by atomic mass is 79.9. The SMILES string of the molecule is C=CC(=O)N1CCN(c2ncnc3c(F)c(-c4c(O)cccc4F)c(Cl)cc23)[C@@H](C)C1.COc1cccc(F)c1-c1c(Cl)cc2c(N3CCCC[C@@H]3C)ncnc2c1F.COc1cccc(F)c1Br.C[C@H]1CCCCN1.C[C@H]1CCCCN1c1ncnc2c(F)cc(Cl)cc12.O=c1[nH]cnc2c(F)cc(Cl)cc12. The lowest BCUT2D eigenvalue weighted by atomic mass is 9.99. The number of ether oxygens (including phenoxy) is 2. The second kappa shape index (κ2) is 37.3. The molecule has 4 aliphatic heterocycles. The van der Waals surface area contributed by atoms with Crippen molar-refractivity contribution in [3.8, 4) is 39.5 Å². The first kappa shape index (κ1) is 81.3. The molecule has 0 saturated carbocycles. The average molecular weight is 1630 g/mol. The van der Waals surface area contributed by atoms with E-state index in [1.54, 1.807) is 35.2 Å². The number of amides is 1. The van der Waals surface area contributed by atoms with Gasteiger partial charge in [-0.3, -0.25) is 9.59 Å². The van der Waals surface area contributed by atoms with Crippen molar-refractivity contribution in [3.63, 3.8) is 0 Å². The van der Waals surface area contributed by atoms with E-state index in [9.17, 15) is 36.6 Å². The number of benzene rings is 7. The number of phenolic OH excluding ortho intramolecular Hbond substituents is 1. The molecule has 4 aromatic heterocycles. The molecule has 0 unspecified atom stereocenters. The van der Waals surface area contributed by atoms with Gasteiger partial charge in [0.25, 0.3) is 5.56 Å². The Balaban J connectivity index is 0.000000147. The van der Waals surface area contributed by atoms with E-state index in [4.69, 9.17) is 55.9 Å². The maximum atomic E-state index is 15.5. The Morgan fingerprint density at radius 2 is 1.01 bits per heavy atom. The summed E-state index contributed by atoms with van der Waals surface area (Å²) in [6, 6.07) is 22.7. The van der Waals surface area contributed by atoms with Gasteiger partial charge in [-0.05, 0) is 180 Å². The summed E-state index contributed by atoms with van der Waals surface area (Å²) in [6.45, 7) is 16.4. The summed E-state index contributed by atoms with van der Waals surface area (Å²) in [5.74, 6) is -2.17. The Kier molecular flexibility index (Phi) is 28.1. The molecule has 30 heteroatoms. The third-order valence-corrected chi connectivity index (χ3v) is 20.6. The van der Waals surface area contributed by atoms with Crippen LogP contribution in [0.5, 0.6) is 17.2 Å². The normalized spacial score (nSPS) is 17.0. The number of H-pyrrole nitrogens is 1. The molecule has 0 radical (unpaired) electrons. The number of fused-ring (bicyclic) bond motifs is 4. The number of nitrogens with one attached hydrogen (secondary N) is 2. The minimum absolute atomic E-state index is 0.0131. The third kappa shape index (κ3) is 18.7. The second-order valence-corrected chi connectivity index (χ2v) is 28.4. The molecule has 568 valence electrons. The van der Waals surface area contributed by atoms with Gasteiger partial charge in [-0.2, -0.15) is 0 Å². The van der Waals surface area contributed by atoms with Crippen LogP contribution in [0.15, 0.2) is 138 Å². The van der Waals surface area contributed by atoms with Crippen LogP contribution in [0.25, 0.3) is 65.9 Å². The number of carbonyl (C=O) groups is 1. The van der Waals surface area contributed by atoms with Crippen LogP contribution in [0.1, 0.15) is 85.5 Å². The Labute approximate surface area is 647 Å². The van der Waals surface area contributed by atoms with Crippen molar-refractivity contribution in [2.24, 2.45) is 0 Å². The number of methoxy groups -OCH3 is 2. The number of phenols is 1. The maximum absolute atomic E-state index is 15.5. The number of piperazine rings is 1. The van der Waals surface area contributed by atoms with Gasteiger partial charge in [-0.15, -0.1) is 0 Å². The van der Waals surface area contributed by atoms with Crippen molar-refractivity contribution in [2.75, 3.05) is 68.2 Å². The van der Waals surface area contributed by atoms with E-state index in [0.29, 0.717) is 80.3 Å². The van der Waals surface area contributed by atoms with E-state index in [1.165, 1.54) is 120 Å². The van der Waals surface area contributed by atoms with Gasteiger partial charge in [-0.25, -0.2) is 65.6 Å². The van der Waals surface area contributed by atoms with E-state index in [-0.39, 0.29) is 82.8 Å². The molecule has 8 heterocycles. The van der Waals surface area contributed by atoms with Gasteiger partial charge in [-0.1, -0.05) is 77.6 Å². The van der Waals surface area contributed by atoms with Gasteiger partial charge >= 0.3 is 0 Å². The third-order valence-electron chi connectivity index (χ3n) is 18.8. The Morgan fingerprint density at radius 3 is 1.49 bits per heavy atom. The van der Waals surface area contributed by atoms with E-state index in [2.05, 4.69) is 98.3 Å². The molecule has 11 aromatic rings. The molecule has 0 spiro atoms. The Morgan fingerprint density at radius 1 is 0.537 bits per heavy atom. The lowest BCUT2D eigenvalue weighted by Crippen LogP contribution is -2.53. The van der Waals surface area contributed by atoms with Crippen molar-refractivity contribution in [3.05, 3.63) is 205 Å². The van der Waals surface area contributed by atoms with Gasteiger partial charge in [0.15, 0.2) is 23.3 Å². The molecule has 0 aliphatic carbocycles. The lowest BCUT2D eigenvalue weighted by molar-refractivity contribution is -0.126. The molecular weight excluding hydrogens is 1550 g/mol. The number of nitrogens with zero attached hydrogens (tertiary/aromatic N) is 11. The van der Waals surface area contributed by atoms with Crippen LogP contribution in [0, 0.1) is 40.7 Å². The largest absolute Gasteiger partial charge is 0.507 e. The summed E-state index contributed by atoms with van der Waals surface area (Å²) >= 11 is 27.4. The molecule has 15 rings (SSSR count). The standard InChI is InChI=1S/C22H19ClF2N4O2.C21H20ClF2N3O.C14H15ClFN3.C8H4ClFN2O.C7H6BrFO.C6H13N/c1-3-17(31)28-7-8-29(12(2)10-28)22-13-9-14(23)18(20(25)21(13)26-11-27-22)19-15(24)5-4-6-16(19)30;1-12-6-3-4-9-27(12)21-13-10-14(22)17(19(24)20(13)25-11-26-21)18-15(23)7-5-8-16(18)28-2;1-9-4-2-3-5-19(9)14-11-6-10(15)7-12(16)13(11)17-8-18-14;9-4-1-5-7(6(10)2-4)11-3-12-8(5)13;1-10-6-4-2-3-5(9)7(6)8;1-6-4-2-3-5-7-6/h3-6,9,11-12,30H,1,7-8,10H2,2H3;5,7-8,10-12H,3-4,6,9H2,1-2H3;6-9H,2-5H2,1H3;1-3H,(H,11,12,13);2-4H,1H3;6-7H,2-5H2,1H3/t2*12-;9-;;;6-/m000..0/s1. The van der Waals surface area contributed by atoms with Crippen molar-refractivity contribution in [1.82, 2.24) is 50.1 Å². The van der Waals surface area contributed by atoms with Crippen LogP contribution in [-0.2, 0) is 4.79 Å². The van der Waals surface area contributed by atoms with Gasteiger partial charge < -0.3 is 44.5 Å². The number of piperidine rings is 3. The Bertz CT molecular complexity index is 5110. The quantitative estimate of drug-likeness (QED) is 0.0956. The lowest BCUT2D eigenvalue weighted by Gasteiger charge is -2.40. The zero-order valence-corrected chi connectivity index (χ0v) is 64.3. The fourth-order valence-corrected chi connectivity index (χ4v) is 14.7. The number of rotatable bonds is 8. The summed E-state index contributed by atoms with van der Waals surface area (Å²) in [5, 5.41) is 15.8. The number of hydrogen-bond acceptors (Lipinski definition) is 16. The second-order valence-electron chi connectivity index (χ2n) is 25.9. The predicted octanol–water partition coefficient (Wildman–Crippen LogP) is 19.0. The summed E-state index contributed by atoms with van der Waals surface area (Å²) in [6.07, 6.45) is 17.4. The van der Waals surface area contributed by atoms with E-state index in [1.807, 2.05) is 11.8 Å². The van der Waals surface area contributed by atoms with Crippen LogP contribution < -0.4 is 35.0 Å². The highest BCUT2D eigenvalue weighted by molar-refractivity contribution is 9.10. The first-order valence-corrected chi connectivity index (χ1v) is 37.1. The zero-order valence-electron chi connectivity index (χ0n) is 59.7. The van der Waals surface area contributed by atoms with Gasteiger partial charge in [0.1, 0.15) is 93.2 Å². The first-order chi connectivity index (χ1) is 51.8. The highest BCUT2D eigenvalue weighted by Gasteiger charge is 2.32. The summed E-state index contributed by atoms with van der Waals surface area (Å²) in [5.41, 5.74) is -0.592. The monoisotopic (exact) mass is 1630 g/mol.